The van der Waals surface area contributed by atoms with Crippen LogP contribution in [0, 0.1) is 0 Å². The fourth-order valence-corrected chi connectivity index (χ4v) is 6.19. The lowest BCUT2D eigenvalue weighted by atomic mass is 10.1. The summed E-state index contributed by atoms with van der Waals surface area (Å²) in [4.78, 5) is 21.5. The van der Waals surface area contributed by atoms with Crippen LogP contribution < -0.4 is 10.6 Å². The maximum atomic E-state index is 12.4. The van der Waals surface area contributed by atoms with Gasteiger partial charge in [-0.2, -0.15) is 25.3 Å². The molecule has 0 saturated heterocycles. The first-order chi connectivity index (χ1) is 21.8. The average Bonchev–Trinajstić information content (AvgIpc) is 2.96. The number of amides is 2. The number of carbonyl (C=O) groups excluding carboxylic acids is 2. The smallest absolute Gasteiger partial charge is 0.295 e. The van der Waals surface area contributed by atoms with E-state index in [-0.39, 0.29) is 28.3 Å². The molecular formula is C29H24N2O13S3. The second-order valence-electron chi connectivity index (χ2n) is 9.75. The van der Waals surface area contributed by atoms with Crippen LogP contribution in [0.3, 0.4) is 0 Å². The first-order valence-electron chi connectivity index (χ1n) is 12.9. The molecule has 0 bridgehead atoms. The number of rotatable bonds is 6. The molecule has 5 rings (SSSR count). The first kappa shape index (κ1) is 34.8. The van der Waals surface area contributed by atoms with Crippen LogP contribution in [0.2, 0.25) is 0 Å². The van der Waals surface area contributed by atoms with Gasteiger partial charge in [0.25, 0.3) is 36.3 Å². The lowest BCUT2D eigenvalue weighted by Gasteiger charge is -2.13. The molecule has 0 atom stereocenters. The van der Waals surface area contributed by atoms with E-state index in [1.165, 1.54) is 25.1 Å². The molecule has 7 N–H and O–H groups in total. The van der Waals surface area contributed by atoms with Crippen LogP contribution in [0.1, 0.15) is 17.3 Å². The minimum absolute atomic E-state index is 0.0318. The zero-order chi connectivity index (χ0) is 34.9. The van der Waals surface area contributed by atoms with Gasteiger partial charge in [0.1, 0.15) is 16.4 Å². The van der Waals surface area contributed by atoms with E-state index >= 15 is 0 Å². The average molecular weight is 705 g/mol. The van der Waals surface area contributed by atoms with E-state index in [2.05, 4.69) is 10.6 Å². The number of carbonyl (C=O) groups is 2. The van der Waals surface area contributed by atoms with Crippen LogP contribution in [0.25, 0.3) is 21.5 Å². The van der Waals surface area contributed by atoms with Crippen molar-refractivity contribution < 1.29 is 58.7 Å². The third-order valence-corrected chi connectivity index (χ3v) is 9.02. The molecule has 0 heterocycles. The highest BCUT2D eigenvalue weighted by Gasteiger charge is 2.23. The summed E-state index contributed by atoms with van der Waals surface area (Å²) in [5.74, 6) is -1.92. The number of nitrogens with one attached hydrogen (secondary N) is 2. The van der Waals surface area contributed by atoms with Crippen LogP contribution in [-0.2, 0) is 35.1 Å². The summed E-state index contributed by atoms with van der Waals surface area (Å²) in [6, 6.07) is 18.5. The Labute approximate surface area is 267 Å². The predicted molar refractivity (Wildman–Crippen MR) is 169 cm³/mol. The largest absolute Gasteiger partial charge is 0.507 e. The highest BCUT2D eigenvalue weighted by molar-refractivity contribution is 7.86. The number of anilines is 2. The molecule has 0 radical (unpaired) electrons. The molecule has 5 aromatic rings. The monoisotopic (exact) mass is 704 g/mol. The Balaban J connectivity index is 0.000000229. The number of phenols is 2. The van der Waals surface area contributed by atoms with Crippen molar-refractivity contribution in [3.8, 4) is 11.5 Å². The summed E-state index contributed by atoms with van der Waals surface area (Å²) in [7, 11) is -14.0. The van der Waals surface area contributed by atoms with Crippen LogP contribution in [0.5, 0.6) is 11.5 Å². The van der Waals surface area contributed by atoms with Crippen LogP contribution in [-0.4, -0.2) is 60.9 Å². The van der Waals surface area contributed by atoms with Gasteiger partial charge in [-0.15, -0.1) is 0 Å². The first-order valence-corrected chi connectivity index (χ1v) is 17.2. The normalized spacial score (nSPS) is 11.8. The summed E-state index contributed by atoms with van der Waals surface area (Å²) < 4.78 is 96.0. The number of aromatic hydroxyl groups is 2. The van der Waals surface area contributed by atoms with E-state index in [0.717, 1.165) is 24.3 Å². The highest BCUT2D eigenvalue weighted by atomic mass is 32.2. The quantitative estimate of drug-likeness (QED) is 0.123. The SMILES string of the molecule is CC(=O)Nc1cccc2c(O)cc(S(=O)(=O)O)cc12.O=C(Nc1ccc(S(=O)(=O)O)c2cc(S(=O)(=O)O)cc(O)c12)c1ccccc1. The third kappa shape index (κ3) is 8.01. The summed E-state index contributed by atoms with van der Waals surface area (Å²) in [5.41, 5.74) is 0.602. The van der Waals surface area contributed by atoms with Gasteiger partial charge in [0.05, 0.1) is 15.5 Å². The van der Waals surface area contributed by atoms with E-state index < -0.39 is 62.1 Å². The van der Waals surface area contributed by atoms with Gasteiger partial charge in [-0.1, -0.05) is 30.3 Å². The Bertz CT molecular complexity index is 2400. The maximum Gasteiger partial charge on any atom is 0.295 e. The van der Waals surface area contributed by atoms with E-state index in [0.29, 0.717) is 22.5 Å². The fourth-order valence-electron chi connectivity index (χ4n) is 4.46. The second-order valence-corrected chi connectivity index (χ2v) is 14.0. The van der Waals surface area contributed by atoms with Gasteiger partial charge in [0.2, 0.25) is 5.91 Å². The Morgan fingerprint density at radius 1 is 0.574 bits per heavy atom. The Morgan fingerprint density at radius 3 is 1.70 bits per heavy atom. The van der Waals surface area contributed by atoms with Crippen molar-refractivity contribution in [3.05, 3.63) is 90.5 Å². The second kappa shape index (κ2) is 12.9. The molecule has 0 saturated carbocycles. The Kier molecular flexibility index (Phi) is 9.57. The van der Waals surface area contributed by atoms with E-state index in [4.69, 9.17) is 4.55 Å². The number of benzene rings is 5. The maximum absolute atomic E-state index is 12.4. The minimum atomic E-state index is -4.81. The van der Waals surface area contributed by atoms with E-state index in [1.54, 1.807) is 36.4 Å². The molecular weight excluding hydrogens is 681 g/mol. The van der Waals surface area contributed by atoms with Gasteiger partial charge < -0.3 is 20.8 Å². The van der Waals surface area contributed by atoms with Crippen molar-refractivity contribution in [2.45, 2.75) is 21.6 Å². The van der Waals surface area contributed by atoms with Gasteiger partial charge in [-0.3, -0.25) is 23.2 Å². The van der Waals surface area contributed by atoms with Crippen molar-refractivity contribution in [1.29, 1.82) is 0 Å². The molecule has 2 amide bonds. The van der Waals surface area contributed by atoms with E-state index in [9.17, 15) is 54.2 Å². The number of fused-ring (bicyclic) bond motifs is 2. The highest BCUT2D eigenvalue weighted by Crippen LogP contribution is 2.38. The van der Waals surface area contributed by atoms with Gasteiger partial charge in [-0.25, -0.2) is 0 Å². The topological polar surface area (TPSA) is 262 Å². The van der Waals surface area contributed by atoms with Gasteiger partial charge >= 0.3 is 0 Å². The predicted octanol–water partition coefficient (Wildman–Crippen LogP) is 4.04. The van der Waals surface area contributed by atoms with Crippen molar-refractivity contribution in [2.75, 3.05) is 10.6 Å². The summed E-state index contributed by atoms with van der Waals surface area (Å²) >= 11 is 0. The number of hydrogen-bond donors (Lipinski definition) is 7. The molecule has 0 aromatic heterocycles. The van der Waals surface area contributed by atoms with Gasteiger partial charge in [-0.05, 0) is 42.5 Å². The van der Waals surface area contributed by atoms with Crippen molar-refractivity contribution in [2.24, 2.45) is 0 Å². The van der Waals surface area contributed by atoms with Crippen LogP contribution >= 0.6 is 0 Å². The molecule has 0 spiro atoms. The van der Waals surface area contributed by atoms with Gasteiger partial charge in [0, 0.05) is 51.9 Å². The van der Waals surface area contributed by atoms with Crippen LogP contribution in [0.4, 0.5) is 11.4 Å². The van der Waals surface area contributed by atoms with Crippen molar-refractivity contribution >= 4 is 75.1 Å². The summed E-state index contributed by atoms with van der Waals surface area (Å²) in [5, 5.41) is 25.1. The molecule has 5 aromatic carbocycles. The minimum Gasteiger partial charge on any atom is -0.507 e. The molecule has 0 aliphatic heterocycles. The summed E-state index contributed by atoms with van der Waals surface area (Å²) in [6.07, 6.45) is 0. The summed E-state index contributed by atoms with van der Waals surface area (Å²) in [6.45, 7) is 1.31. The zero-order valence-corrected chi connectivity index (χ0v) is 26.3. The van der Waals surface area contributed by atoms with Crippen LogP contribution in [0.15, 0.2) is 99.6 Å². The number of hydrogen-bond acceptors (Lipinski definition) is 10. The molecule has 0 fully saturated rings. The fraction of sp³-hybridized carbons (Fsp3) is 0.0345. The molecule has 18 heteroatoms. The third-order valence-electron chi connectivity index (χ3n) is 6.44. The van der Waals surface area contributed by atoms with E-state index in [1.807, 2.05) is 0 Å². The molecule has 246 valence electrons. The van der Waals surface area contributed by atoms with Crippen molar-refractivity contribution in [3.63, 3.8) is 0 Å². The standard InChI is InChI=1S/C17H13NO8S2.C12H11NO5S/c19-14-9-11(27(21,22)23)8-12-15(28(24,25)26)7-6-13(16(12)14)18-17(20)10-4-2-1-3-5-10;1-7(14)13-11-4-2-3-9-10(11)5-8(6-12(9)15)19(16,17)18/h1-9,19H,(H,18,20)(H,21,22,23)(H,24,25,26);2-6,15H,1H3,(H,13,14)(H,16,17,18). The molecule has 0 aliphatic rings. The lowest BCUT2D eigenvalue weighted by molar-refractivity contribution is -0.114. The molecule has 47 heavy (non-hydrogen) atoms. The van der Waals surface area contributed by atoms with Gasteiger partial charge in [0.15, 0.2) is 0 Å². The molecule has 0 unspecified atom stereocenters. The molecule has 0 aliphatic carbocycles. The Morgan fingerprint density at radius 2 is 1.15 bits per heavy atom. The Hall–Kier alpha value is -5.11. The number of phenolic OH excluding ortho intramolecular Hbond substituents is 2. The zero-order valence-electron chi connectivity index (χ0n) is 23.8. The van der Waals surface area contributed by atoms with Crippen molar-refractivity contribution in [1.82, 2.24) is 0 Å². The lowest BCUT2D eigenvalue weighted by Crippen LogP contribution is -2.12. The molecule has 15 nitrogen and oxygen atoms in total.